The van der Waals surface area contributed by atoms with E-state index in [0.717, 1.165) is 24.6 Å². The van der Waals surface area contributed by atoms with Crippen molar-refractivity contribution in [1.29, 1.82) is 0 Å². The first-order valence-corrected chi connectivity index (χ1v) is 12.2. The second kappa shape index (κ2) is 11.0. The Labute approximate surface area is 197 Å². The third kappa shape index (κ3) is 6.12. The van der Waals surface area contributed by atoms with Gasteiger partial charge in [0.15, 0.2) is 0 Å². The highest BCUT2D eigenvalue weighted by atomic mass is 35.5. The van der Waals surface area contributed by atoms with Gasteiger partial charge in [-0.3, -0.25) is 9.69 Å². The number of aromatic nitrogens is 2. The van der Waals surface area contributed by atoms with Gasteiger partial charge in [0.05, 0.1) is 11.8 Å². The van der Waals surface area contributed by atoms with Gasteiger partial charge in [-0.1, -0.05) is 60.6 Å². The van der Waals surface area contributed by atoms with Crippen LogP contribution in [-0.4, -0.2) is 46.4 Å². The molecule has 1 amide bonds. The number of hydrogen-bond donors (Lipinski definition) is 1. The highest BCUT2D eigenvalue weighted by molar-refractivity contribution is 7.99. The molecule has 0 radical (unpaired) electrons. The smallest absolute Gasteiger partial charge is 0.277 e. The molecule has 1 aliphatic rings. The van der Waals surface area contributed by atoms with Gasteiger partial charge >= 0.3 is 0 Å². The summed E-state index contributed by atoms with van der Waals surface area (Å²) < 4.78 is 5.67. The van der Waals surface area contributed by atoms with Crippen LogP contribution in [0.25, 0.3) is 11.5 Å². The number of nitrogens with one attached hydrogen (secondary N) is 1. The van der Waals surface area contributed by atoms with Crippen molar-refractivity contribution in [3.05, 3.63) is 65.2 Å². The first-order valence-electron chi connectivity index (χ1n) is 10.9. The molecule has 4 rings (SSSR count). The molecule has 1 aliphatic heterocycles. The Morgan fingerprint density at radius 3 is 2.59 bits per heavy atom. The largest absolute Gasteiger partial charge is 0.411 e. The predicted molar refractivity (Wildman–Crippen MR) is 128 cm³/mol. The van der Waals surface area contributed by atoms with Crippen LogP contribution in [0.4, 0.5) is 0 Å². The van der Waals surface area contributed by atoms with Gasteiger partial charge in [0.2, 0.25) is 11.8 Å². The van der Waals surface area contributed by atoms with Crippen LogP contribution in [0, 0.1) is 5.92 Å². The summed E-state index contributed by atoms with van der Waals surface area (Å²) in [5, 5.41) is 12.2. The zero-order valence-corrected chi connectivity index (χ0v) is 19.6. The first-order chi connectivity index (χ1) is 15.6. The standard InChI is InChI=1S/C24H27ClN4O2S/c1-17-11-13-29(14-12-17)21(18-5-3-2-4-6-18)15-26-22(30)16-32-24-28-27-23(31-24)19-7-9-20(25)10-8-19/h2-10,17,21H,11-16H2,1H3,(H,26,30). The van der Waals surface area contributed by atoms with E-state index >= 15 is 0 Å². The summed E-state index contributed by atoms with van der Waals surface area (Å²) >= 11 is 7.16. The minimum absolute atomic E-state index is 0.0486. The maximum absolute atomic E-state index is 12.5. The van der Waals surface area contributed by atoms with E-state index in [9.17, 15) is 4.79 Å². The summed E-state index contributed by atoms with van der Waals surface area (Å²) in [6, 6.07) is 17.8. The maximum Gasteiger partial charge on any atom is 0.277 e. The lowest BCUT2D eigenvalue weighted by Gasteiger charge is -2.37. The fraction of sp³-hybridized carbons (Fsp3) is 0.375. The normalized spacial score (nSPS) is 16.1. The molecule has 8 heteroatoms. The Morgan fingerprint density at radius 2 is 1.88 bits per heavy atom. The Hall–Kier alpha value is -2.35. The quantitative estimate of drug-likeness (QED) is 0.463. The molecular formula is C24H27ClN4O2S. The fourth-order valence-corrected chi connectivity index (χ4v) is 4.56. The van der Waals surface area contributed by atoms with E-state index in [0.29, 0.717) is 22.7 Å². The van der Waals surface area contributed by atoms with Gasteiger partial charge in [-0.05, 0) is 61.7 Å². The number of halogens is 1. The summed E-state index contributed by atoms with van der Waals surface area (Å²) in [5.41, 5.74) is 2.03. The van der Waals surface area contributed by atoms with Crippen molar-refractivity contribution in [2.45, 2.75) is 31.0 Å². The molecule has 1 atom stereocenters. The Kier molecular flexibility index (Phi) is 7.84. The molecule has 1 N–H and O–H groups in total. The SMILES string of the molecule is CC1CCN(C(CNC(=O)CSc2nnc(-c3ccc(Cl)cc3)o2)c2ccccc2)CC1. The van der Waals surface area contributed by atoms with Crippen LogP contribution >= 0.6 is 23.4 Å². The van der Waals surface area contributed by atoms with E-state index in [1.807, 2.05) is 18.2 Å². The van der Waals surface area contributed by atoms with E-state index in [1.54, 1.807) is 12.1 Å². The Morgan fingerprint density at radius 1 is 1.16 bits per heavy atom. The van der Waals surface area contributed by atoms with Crippen molar-refractivity contribution >= 4 is 29.3 Å². The van der Waals surface area contributed by atoms with Crippen LogP contribution in [0.15, 0.2) is 64.2 Å². The minimum Gasteiger partial charge on any atom is -0.411 e. The van der Waals surface area contributed by atoms with Gasteiger partial charge in [0.25, 0.3) is 5.22 Å². The molecule has 6 nitrogen and oxygen atoms in total. The molecule has 0 saturated carbocycles. The lowest BCUT2D eigenvalue weighted by atomic mass is 9.95. The van der Waals surface area contributed by atoms with Gasteiger partial charge in [0, 0.05) is 17.1 Å². The molecular weight excluding hydrogens is 444 g/mol. The number of thioether (sulfide) groups is 1. The number of nitrogens with zero attached hydrogens (tertiary/aromatic N) is 3. The average Bonchev–Trinajstić information content (AvgIpc) is 3.29. The fourth-order valence-electron chi connectivity index (χ4n) is 3.84. The molecule has 1 saturated heterocycles. The molecule has 3 aromatic rings. The highest BCUT2D eigenvalue weighted by Gasteiger charge is 2.25. The van der Waals surface area contributed by atoms with E-state index in [2.05, 4.69) is 51.6 Å². The van der Waals surface area contributed by atoms with Crippen LogP contribution in [-0.2, 0) is 4.79 Å². The van der Waals surface area contributed by atoms with E-state index in [-0.39, 0.29) is 17.7 Å². The lowest BCUT2D eigenvalue weighted by molar-refractivity contribution is -0.118. The molecule has 0 spiro atoms. The van der Waals surface area contributed by atoms with Crippen molar-refractivity contribution < 1.29 is 9.21 Å². The number of carbonyl (C=O) groups is 1. The summed E-state index contributed by atoms with van der Waals surface area (Å²) in [6.45, 7) is 5.00. The second-order valence-electron chi connectivity index (χ2n) is 8.12. The van der Waals surface area contributed by atoms with Crippen LogP contribution in [0.5, 0.6) is 0 Å². The average molecular weight is 471 g/mol. The molecule has 1 fully saturated rings. The number of piperidine rings is 1. The van der Waals surface area contributed by atoms with Gasteiger partial charge < -0.3 is 9.73 Å². The van der Waals surface area contributed by atoms with E-state index in [1.165, 1.54) is 30.2 Å². The number of hydrogen-bond acceptors (Lipinski definition) is 6. The number of rotatable bonds is 8. The maximum atomic E-state index is 12.5. The van der Waals surface area contributed by atoms with Crippen molar-refractivity contribution in [1.82, 2.24) is 20.4 Å². The van der Waals surface area contributed by atoms with Crippen molar-refractivity contribution in [3.8, 4) is 11.5 Å². The Balaban J connectivity index is 1.31. The summed E-state index contributed by atoms with van der Waals surface area (Å²) in [7, 11) is 0. The molecule has 1 aromatic heterocycles. The highest BCUT2D eigenvalue weighted by Crippen LogP contribution is 2.27. The number of likely N-dealkylation sites (tertiary alicyclic amines) is 1. The molecule has 32 heavy (non-hydrogen) atoms. The predicted octanol–water partition coefficient (Wildman–Crippen LogP) is 5.07. The van der Waals surface area contributed by atoms with Gasteiger partial charge in [-0.15, -0.1) is 10.2 Å². The molecule has 1 unspecified atom stereocenters. The van der Waals surface area contributed by atoms with Crippen molar-refractivity contribution in [2.75, 3.05) is 25.4 Å². The summed E-state index contributed by atoms with van der Waals surface area (Å²) in [5.74, 6) is 1.35. The molecule has 2 heterocycles. The lowest BCUT2D eigenvalue weighted by Crippen LogP contribution is -2.42. The van der Waals surface area contributed by atoms with E-state index < -0.39 is 0 Å². The van der Waals surface area contributed by atoms with Crippen LogP contribution in [0.3, 0.4) is 0 Å². The zero-order valence-electron chi connectivity index (χ0n) is 18.0. The second-order valence-corrected chi connectivity index (χ2v) is 9.48. The van der Waals surface area contributed by atoms with Gasteiger partial charge in [-0.25, -0.2) is 0 Å². The van der Waals surface area contributed by atoms with Gasteiger partial charge in [0.1, 0.15) is 0 Å². The van der Waals surface area contributed by atoms with E-state index in [4.69, 9.17) is 16.0 Å². The first kappa shape index (κ1) is 22.8. The topological polar surface area (TPSA) is 71.3 Å². The third-order valence-corrected chi connectivity index (χ3v) is 6.83. The molecule has 168 valence electrons. The minimum atomic E-state index is -0.0486. The zero-order chi connectivity index (χ0) is 22.3. The summed E-state index contributed by atoms with van der Waals surface area (Å²) in [4.78, 5) is 15.0. The number of amides is 1. The van der Waals surface area contributed by atoms with Gasteiger partial charge in [-0.2, -0.15) is 0 Å². The van der Waals surface area contributed by atoms with Crippen LogP contribution in [0.1, 0.15) is 31.4 Å². The molecule has 0 aliphatic carbocycles. The monoisotopic (exact) mass is 470 g/mol. The third-order valence-electron chi connectivity index (χ3n) is 5.76. The van der Waals surface area contributed by atoms with Crippen LogP contribution < -0.4 is 5.32 Å². The number of benzene rings is 2. The van der Waals surface area contributed by atoms with Crippen molar-refractivity contribution in [3.63, 3.8) is 0 Å². The summed E-state index contributed by atoms with van der Waals surface area (Å²) in [6.07, 6.45) is 2.39. The molecule has 2 aromatic carbocycles. The Bertz CT molecular complexity index is 1000. The molecule has 0 bridgehead atoms. The van der Waals surface area contributed by atoms with Crippen LogP contribution in [0.2, 0.25) is 5.02 Å². The number of carbonyl (C=O) groups excluding carboxylic acids is 1. The van der Waals surface area contributed by atoms with Crippen molar-refractivity contribution in [2.24, 2.45) is 5.92 Å².